The van der Waals surface area contributed by atoms with Gasteiger partial charge in [0.25, 0.3) is 0 Å². The maximum atomic E-state index is 11.7. The molecule has 1 aromatic heterocycles. The van der Waals surface area contributed by atoms with Crippen LogP contribution < -0.4 is 10.6 Å². The van der Waals surface area contributed by atoms with E-state index in [9.17, 15) is 9.90 Å². The Bertz CT molecular complexity index is 598. The minimum atomic E-state index is -0.757. The number of hydrogen-bond acceptors (Lipinski definition) is 2. The van der Waals surface area contributed by atoms with E-state index in [0.717, 1.165) is 5.69 Å². The molecule has 0 aliphatic carbocycles. The fourth-order valence-corrected chi connectivity index (χ4v) is 2.03. The zero-order valence-electron chi connectivity index (χ0n) is 11.0. The lowest BCUT2D eigenvalue weighted by Gasteiger charge is -2.14. The number of anilines is 1. The van der Waals surface area contributed by atoms with Crippen molar-refractivity contribution >= 4 is 23.3 Å². The molecule has 2 aromatic rings. The molecule has 5 nitrogen and oxygen atoms in total. The van der Waals surface area contributed by atoms with Crippen molar-refractivity contribution in [3.8, 4) is 0 Å². The minimum Gasteiger partial charge on any atom is -0.385 e. The van der Waals surface area contributed by atoms with Gasteiger partial charge in [-0.2, -0.15) is 0 Å². The van der Waals surface area contributed by atoms with E-state index in [1.54, 1.807) is 34.9 Å². The van der Waals surface area contributed by atoms with E-state index in [0.29, 0.717) is 10.7 Å². The van der Waals surface area contributed by atoms with Crippen LogP contribution in [0, 0.1) is 0 Å². The lowest BCUT2D eigenvalue weighted by Crippen LogP contribution is -2.32. The van der Waals surface area contributed by atoms with Crippen molar-refractivity contribution < 1.29 is 9.90 Å². The summed E-state index contributed by atoms with van der Waals surface area (Å²) in [6, 6.07) is 10.2. The van der Waals surface area contributed by atoms with Gasteiger partial charge in [0.15, 0.2) is 0 Å². The van der Waals surface area contributed by atoms with Gasteiger partial charge in [0.05, 0.1) is 17.3 Å². The van der Waals surface area contributed by atoms with E-state index in [2.05, 4.69) is 10.6 Å². The van der Waals surface area contributed by atoms with Crippen molar-refractivity contribution in [1.82, 2.24) is 9.88 Å². The largest absolute Gasteiger partial charge is 0.385 e. The Labute approximate surface area is 122 Å². The van der Waals surface area contributed by atoms with Crippen LogP contribution in [0.4, 0.5) is 10.5 Å². The van der Waals surface area contributed by atoms with Crippen LogP contribution in [0.1, 0.15) is 11.8 Å². The monoisotopic (exact) mass is 293 g/mol. The number of aryl methyl sites for hydroxylation is 1. The van der Waals surface area contributed by atoms with E-state index >= 15 is 0 Å². The minimum absolute atomic E-state index is 0.119. The number of halogens is 1. The number of carbonyl (C=O) groups excluding carboxylic acids is 1. The van der Waals surface area contributed by atoms with E-state index < -0.39 is 12.1 Å². The van der Waals surface area contributed by atoms with Crippen molar-refractivity contribution in [2.45, 2.75) is 6.10 Å². The first-order chi connectivity index (χ1) is 9.58. The van der Waals surface area contributed by atoms with Crippen LogP contribution in [0.25, 0.3) is 0 Å². The molecule has 106 valence electrons. The highest BCUT2D eigenvalue weighted by molar-refractivity contribution is 6.33. The summed E-state index contributed by atoms with van der Waals surface area (Å²) in [6.07, 6.45) is 1.08. The molecule has 20 heavy (non-hydrogen) atoms. The molecule has 0 saturated carbocycles. The SMILES string of the molecule is Cn1cccc1C(O)CNC(=O)Nc1ccccc1Cl. The van der Waals surface area contributed by atoms with Crippen LogP contribution >= 0.6 is 11.6 Å². The molecular weight excluding hydrogens is 278 g/mol. The van der Waals surface area contributed by atoms with E-state index in [-0.39, 0.29) is 6.54 Å². The van der Waals surface area contributed by atoms with Gasteiger partial charge in [-0.25, -0.2) is 4.79 Å². The Balaban J connectivity index is 1.87. The van der Waals surface area contributed by atoms with E-state index in [1.807, 2.05) is 19.3 Å². The number of aliphatic hydroxyl groups is 1. The predicted octanol–water partition coefficient (Wildman–Crippen LogP) is 2.53. The van der Waals surface area contributed by atoms with Gasteiger partial charge in [0, 0.05) is 18.9 Å². The third-order valence-corrected chi connectivity index (χ3v) is 3.23. The van der Waals surface area contributed by atoms with Gasteiger partial charge in [0.1, 0.15) is 6.10 Å². The van der Waals surface area contributed by atoms with Gasteiger partial charge in [0.2, 0.25) is 0 Å². The number of amides is 2. The molecule has 0 radical (unpaired) electrons. The van der Waals surface area contributed by atoms with Gasteiger partial charge in [-0.15, -0.1) is 0 Å². The topological polar surface area (TPSA) is 66.3 Å². The average Bonchev–Trinajstić information content (AvgIpc) is 2.85. The molecule has 0 saturated heterocycles. The second-order valence-electron chi connectivity index (χ2n) is 4.37. The van der Waals surface area contributed by atoms with Crippen LogP contribution in [-0.4, -0.2) is 22.2 Å². The molecule has 0 bridgehead atoms. The zero-order valence-corrected chi connectivity index (χ0v) is 11.8. The van der Waals surface area contributed by atoms with Crippen LogP contribution in [0.15, 0.2) is 42.6 Å². The summed E-state index contributed by atoms with van der Waals surface area (Å²) in [5, 5.41) is 15.7. The number of hydrogen-bond donors (Lipinski definition) is 3. The molecule has 6 heteroatoms. The Hall–Kier alpha value is -1.98. The molecule has 2 rings (SSSR count). The predicted molar refractivity (Wildman–Crippen MR) is 78.8 cm³/mol. The summed E-state index contributed by atoms with van der Waals surface area (Å²) < 4.78 is 1.80. The summed E-state index contributed by atoms with van der Waals surface area (Å²) in [5.74, 6) is 0. The lowest BCUT2D eigenvalue weighted by molar-refractivity contribution is 0.167. The maximum Gasteiger partial charge on any atom is 0.319 e. The third kappa shape index (κ3) is 3.53. The number of carbonyl (C=O) groups is 1. The number of aromatic nitrogens is 1. The highest BCUT2D eigenvalue weighted by Crippen LogP contribution is 2.20. The van der Waals surface area contributed by atoms with Gasteiger partial charge < -0.3 is 20.3 Å². The van der Waals surface area contributed by atoms with Crippen molar-refractivity contribution in [1.29, 1.82) is 0 Å². The molecule has 1 atom stereocenters. The summed E-state index contributed by atoms with van der Waals surface area (Å²) in [4.78, 5) is 11.7. The first-order valence-electron chi connectivity index (χ1n) is 6.16. The number of nitrogens with zero attached hydrogens (tertiary/aromatic N) is 1. The molecule has 0 aliphatic heterocycles. The standard InChI is InChI=1S/C14H16ClN3O2/c1-18-8-4-7-12(18)13(19)9-16-14(20)17-11-6-3-2-5-10(11)15/h2-8,13,19H,9H2,1H3,(H2,16,17,20). The highest BCUT2D eigenvalue weighted by Gasteiger charge is 2.12. The first-order valence-corrected chi connectivity index (χ1v) is 6.54. The smallest absolute Gasteiger partial charge is 0.319 e. The van der Waals surface area contributed by atoms with Crippen LogP contribution in [-0.2, 0) is 7.05 Å². The van der Waals surface area contributed by atoms with Gasteiger partial charge in [-0.05, 0) is 24.3 Å². The molecule has 2 amide bonds. The number of benzene rings is 1. The molecule has 1 heterocycles. The normalized spacial score (nSPS) is 11.9. The van der Waals surface area contributed by atoms with Crippen molar-refractivity contribution in [3.63, 3.8) is 0 Å². The first kappa shape index (κ1) is 14.4. The zero-order chi connectivity index (χ0) is 14.5. The van der Waals surface area contributed by atoms with E-state index in [1.165, 1.54) is 0 Å². The molecule has 1 unspecified atom stereocenters. The Morgan fingerprint density at radius 3 is 2.75 bits per heavy atom. The van der Waals surface area contributed by atoms with Crippen LogP contribution in [0.5, 0.6) is 0 Å². The second kappa shape index (κ2) is 6.45. The maximum absolute atomic E-state index is 11.7. The van der Waals surface area contributed by atoms with Crippen LogP contribution in [0.2, 0.25) is 5.02 Å². The van der Waals surface area contributed by atoms with Crippen LogP contribution in [0.3, 0.4) is 0 Å². The van der Waals surface area contributed by atoms with Crippen molar-refractivity contribution in [2.75, 3.05) is 11.9 Å². The quantitative estimate of drug-likeness (QED) is 0.811. The summed E-state index contributed by atoms with van der Waals surface area (Å²) in [7, 11) is 1.84. The molecule has 1 aromatic carbocycles. The molecule has 0 aliphatic rings. The van der Waals surface area contributed by atoms with Crippen molar-refractivity contribution in [3.05, 3.63) is 53.3 Å². The Morgan fingerprint density at radius 2 is 2.10 bits per heavy atom. The lowest BCUT2D eigenvalue weighted by atomic mass is 10.2. The molecular formula is C14H16ClN3O2. The Morgan fingerprint density at radius 1 is 1.35 bits per heavy atom. The summed E-state index contributed by atoms with van der Waals surface area (Å²) in [6.45, 7) is 0.119. The summed E-state index contributed by atoms with van der Waals surface area (Å²) in [5.41, 5.74) is 1.27. The molecule has 0 fully saturated rings. The Kier molecular flexibility index (Phi) is 4.65. The second-order valence-corrected chi connectivity index (χ2v) is 4.78. The van der Waals surface area contributed by atoms with Crippen molar-refractivity contribution in [2.24, 2.45) is 7.05 Å². The highest BCUT2D eigenvalue weighted by atomic mass is 35.5. The van der Waals surface area contributed by atoms with E-state index in [4.69, 9.17) is 11.6 Å². The number of para-hydroxylation sites is 1. The fraction of sp³-hybridized carbons (Fsp3) is 0.214. The molecule has 0 spiro atoms. The number of aliphatic hydroxyl groups excluding tert-OH is 1. The van der Waals surface area contributed by atoms with Gasteiger partial charge in [-0.1, -0.05) is 23.7 Å². The van der Waals surface area contributed by atoms with Gasteiger partial charge >= 0.3 is 6.03 Å². The fourth-order valence-electron chi connectivity index (χ4n) is 1.84. The number of urea groups is 1. The van der Waals surface area contributed by atoms with Gasteiger partial charge in [-0.3, -0.25) is 0 Å². The summed E-state index contributed by atoms with van der Waals surface area (Å²) >= 11 is 5.94. The number of nitrogens with one attached hydrogen (secondary N) is 2. The molecule has 3 N–H and O–H groups in total. The average molecular weight is 294 g/mol. The number of rotatable bonds is 4. The third-order valence-electron chi connectivity index (χ3n) is 2.90.